The first-order valence-electron chi connectivity index (χ1n) is 8.96. The van der Waals surface area contributed by atoms with Crippen LogP contribution >= 0.6 is 24.0 Å². The van der Waals surface area contributed by atoms with Crippen molar-refractivity contribution in [2.45, 2.75) is 33.2 Å². The number of hydrogen-bond acceptors (Lipinski definition) is 3. The van der Waals surface area contributed by atoms with Gasteiger partial charge in [-0.1, -0.05) is 36.8 Å². The summed E-state index contributed by atoms with van der Waals surface area (Å²) in [5, 5.41) is 9.25. The normalized spacial score (nSPS) is 12.0. The van der Waals surface area contributed by atoms with E-state index in [1.165, 1.54) is 11.1 Å². The highest BCUT2D eigenvalue weighted by Gasteiger charge is 2.08. The minimum absolute atomic E-state index is 0. The number of furan rings is 1. The topological polar surface area (TPSA) is 78.7 Å². The van der Waals surface area contributed by atoms with Gasteiger partial charge in [-0.2, -0.15) is 0 Å². The summed E-state index contributed by atoms with van der Waals surface area (Å²) in [7, 11) is 0. The average molecular weight is 484 g/mol. The van der Waals surface area contributed by atoms with Gasteiger partial charge in [0.05, 0.1) is 12.8 Å². The third-order valence-electron chi connectivity index (χ3n) is 3.95. The molecular formula is C20H29IN4O2. The van der Waals surface area contributed by atoms with Gasteiger partial charge in [-0.05, 0) is 37.5 Å². The summed E-state index contributed by atoms with van der Waals surface area (Å²) in [6, 6.07) is 12.1. The highest BCUT2D eigenvalue weighted by atomic mass is 127. The molecule has 7 heteroatoms. The molecule has 0 fully saturated rings. The second-order valence-corrected chi connectivity index (χ2v) is 6.25. The Morgan fingerprint density at radius 3 is 2.67 bits per heavy atom. The molecule has 0 saturated heterocycles. The second kappa shape index (κ2) is 12.4. The van der Waals surface area contributed by atoms with E-state index in [9.17, 15) is 4.79 Å². The van der Waals surface area contributed by atoms with Crippen molar-refractivity contribution < 1.29 is 9.21 Å². The van der Waals surface area contributed by atoms with Crippen molar-refractivity contribution in [3.63, 3.8) is 0 Å². The minimum Gasteiger partial charge on any atom is -0.467 e. The molecule has 0 saturated carbocycles. The van der Waals surface area contributed by atoms with E-state index in [0.717, 1.165) is 18.8 Å². The van der Waals surface area contributed by atoms with Gasteiger partial charge in [0.2, 0.25) is 5.91 Å². The van der Waals surface area contributed by atoms with Crippen LogP contribution < -0.4 is 16.0 Å². The van der Waals surface area contributed by atoms with E-state index in [1.54, 1.807) is 12.3 Å². The van der Waals surface area contributed by atoms with E-state index in [2.05, 4.69) is 59.1 Å². The van der Waals surface area contributed by atoms with E-state index in [4.69, 9.17) is 4.42 Å². The molecule has 148 valence electrons. The molecule has 2 aromatic rings. The van der Waals surface area contributed by atoms with Crippen LogP contribution in [0.2, 0.25) is 0 Å². The number of nitrogens with one attached hydrogen (secondary N) is 3. The fraction of sp³-hybridized carbons (Fsp3) is 0.400. The third-order valence-corrected chi connectivity index (χ3v) is 3.95. The first kappa shape index (κ1) is 23.0. The number of amides is 1. The molecule has 0 aliphatic heterocycles. The summed E-state index contributed by atoms with van der Waals surface area (Å²) >= 11 is 0. The highest BCUT2D eigenvalue weighted by molar-refractivity contribution is 14.0. The number of carbonyl (C=O) groups excluding carboxylic acids is 1. The van der Waals surface area contributed by atoms with Crippen LogP contribution in [0.5, 0.6) is 0 Å². The van der Waals surface area contributed by atoms with Crippen LogP contribution in [0, 0.1) is 6.92 Å². The largest absolute Gasteiger partial charge is 0.467 e. The van der Waals surface area contributed by atoms with E-state index in [0.29, 0.717) is 18.4 Å². The van der Waals surface area contributed by atoms with Gasteiger partial charge in [-0.25, -0.2) is 4.99 Å². The van der Waals surface area contributed by atoms with Gasteiger partial charge >= 0.3 is 0 Å². The maximum Gasteiger partial charge on any atom is 0.242 e. The number of aliphatic imine (C=N–C) groups is 1. The Bertz CT molecular complexity index is 717. The quantitative estimate of drug-likeness (QED) is 0.306. The molecule has 2 rings (SSSR count). The van der Waals surface area contributed by atoms with Crippen molar-refractivity contribution in [3.05, 3.63) is 59.5 Å². The Hall–Kier alpha value is -2.03. The van der Waals surface area contributed by atoms with Gasteiger partial charge in [0, 0.05) is 13.1 Å². The summed E-state index contributed by atoms with van der Waals surface area (Å²) < 4.78 is 5.19. The third kappa shape index (κ3) is 8.47. The average Bonchev–Trinajstić information content (AvgIpc) is 3.15. The van der Waals surface area contributed by atoms with Crippen LogP contribution in [0.4, 0.5) is 0 Å². The van der Waals surface area contributed by atoms with Crippen LogP contribution in [0.15, 0.2) is 52.1 Å². The molecule has 1 aromatic carbocycles. The van der Waals surface area contributed by atoms with Crippen molar-refractivity contribution in [3.8, 4) is 0 Å². The molecule has 0 aliphatic carbocycles. The number of hydrogen-bond donors (Lipinski definition) is 3. The number of rotatable bonds is 8. The van der Waals surface area contributed by atoms with Crippen molar-refractivity contribution in [1.82, 2.24) is 16.0 Å². The van der Waals surface area contributed by atoms with E-state index in [1.807, 2.05) is 13.0 Å². The lowest BCUT2D eigenvalue weighted by atomic mass is 9.99. The van der Waals surface area contributed by atoms with Gasteiger partial charge in [0.15, 0.2) is 5.96 Å². The monoisotopic (exact) mass is 484 g/mol. The van der Waals surface area contributed by atoms with E-state index in [-0.39, 0.29) is 36.4 Å². The van der Waals surface area contributed by atoms with Gasteiger partial charge in [0.25, 0.3) is 0 Å². The summed E-state index contributed by atoms with van der Waals surface area (Å²) in [6.45, 7) is 8.17. The Morgan fingerprint density at radius 1 is 1.19 bits per heavy atom. The molecule has 3 N–H and O–H groups in total. The fourth-order valence-corrected chi connectivity index (χ4v) is 2.49. The molecule has 1 unspecified atom stereocenters. The zero-order chi connectivity index (χ0) is 18.8. The Balaban J connectivity index is 0.00000364. The molecule has 1 amide bonds. The van der Waals surface area contributed by atoms with Gasteiger partial charge in [-0.15, -0.1) is 24.0 Å². The zero-order valence-electron chi connectivity index (χ0n) is 16.1. The molecule has 0 spiro atoms. The first-order chi connectivity index (χ1) is 12.6. The fourth-order valence-electron chi connectivity index (χ4n) is 2.49. The molecule has 1 heterocycles. The summed E-state index contributed by atoms with van der Waals surface area (Å²) in [5.41, 5.74) is 2.53. The van der Waals surface area contributed by atoms with Crippen LogP contribution in [-0.2, 0) is 11.3 Å². The van der Waals surface area contributed by atoms with Crippen molar-refractivity contribution in [2.24, 2.45) is 4.99 Å². The van der Waals surface area contributed by atoms with Gasteiger partial charge in [-0.3, -0.25) is 4.79 Å². The standard InChI is InChI=1S/C20H28N4O2.HI/c1-4-21-20(23-12-16(3)17-8-5-7-15(2)11-17)24-14-19(25)22-13-18-9-6-10-26-18;/h5-11,16H,4,12-14H2,1-3H3,(H,22,25)(H2,21,23,24);1H. The number of aryl methyl sites for hydroxylation is 1. The maximum absolute atomic E-state index is 11.9. The summed E-state index contributed by atoms with van der Waals surface area (Å²) in [4.78, 5) is 16.3. The van der Waals surface area contributed by atoms with Crippen LogP contribution in [0.3, 0.4) is 0 Å². The van der Waals surface area contributed by atoms with Gasteiger partial charge < -0.3 is 20.4 Å². The number of nitrogens with zero attached hydrogens (tertiary/aromatic N) is 1. The maximum atomic E-state index is 11.9. The zero-order valence-corrected chi connectivity index (χ0v) is 18.4. The highest BCUT2D eigenvalue weighted by Crippen LogP contribution is 2.15. The Morgan fingerprint density at radius 2 is 2.00 bits per heavy atom. The molecular weight excluding hydrogens is 455 g/mol. The molecule has 27 heavy (non-hydrogen) atoms. The lowest BCUT2D eigenvalue weighted by Crippen LogP contribution is -2.40. The number of halogens is 1. The molecule has 1 atom stereocenters. The lowest BCUT2D eigenvalue weighted by Gasteiger charge is -2.16. The number of guanidine groups is 1. The van der Waals surface area contributed by atoms with Gasteiger partial charge in [0.1, 0.15) is 12.3 Å². The number of benzene rings is 1. The Labute approximate surface area is 178 Å². The van der Waals surface area contributed by atoms with Crippen LogP contribution in [-0.4, -0.2) is 31.5 Å². The molecule has 1 aromatic heterocycles. The molecule has 0 aliphatic rings. The Kier molecular flexibility index (Phi) is 10.5. The van der Waals surface area contributed by atoms with Crippen molar-refractivity contribution in [2.75, 3.05) is 19.6 Å². The second-order valence-electron chi connectivity index (χ2n) is 6.25. The summed E-state index contributed by atoms with van der Waals surface area (Å²) in [6.07, 6.45) is 1.59. The van der Waals surface area contributed by atoms with E-state index >= 15 is 0 Å². The predicted molar refractivity (Wildman–Crippen MR) is 120 cm³/mol. The number of carbonyl (C=O) groups is 1. The lowest BCUT2D eigenvalue weighted by molar-refractivity contribution is -0.119. The van der Waals surface area contributed by atoms with E-state index < -0.39 is 0 Å². The predicted octanol–water partition coefficient (Wildman–Crippen LogP) is 3.18. The van der Waals surface area contributed by atoms with Crippen LogP contribution in [0.1, 0.15) is 36.7 Å². The van der Waals surface area contributed by atoms with Crippen molar-refractivity contribution in [1.29, 1.82) is 0 Å². The molecule has 0 radical (unpaired) electrons. The van der Waals surface area contributed by atoms with Crippen molar-refractivity contribution >= 4 is 35.8 Å². The minimum atomic E-state index is -0.148. The first-order valence-corrected chi connectivity index (χ1v) is 8.96. The smallest absolute Gasteiger partial charge is 0.242 e. The van der Waals surface area contributed by atoms with Crippen LogP contribution in [0.25, 0.3) is 0 Å². The summed E-state index contributed by atoms with van der Waals surface area (Å²) in [5.74, 6) is 1.55. The molecule has 0 bridgehead atoms. The molecule has 6 nitrogen and oxygen atoms in total. The SMILES string of the molecule is CCNC(=NCC(=O)NCc1ccco1)NCC(C)c1cccc(C)c1.I.